The van der Waals surface area contributed by atoms with E-state index in [2.05, 4.69) is 0 Å². The molecule has 0 radical (unpaired) electrons. The summed E-state index contributed by atoms with van der Waals surface area (Å²) < 4.78 is 204. The summed E-state index contributed by atoms with van der Waals surface area (Å²) in [6.07, 6.45) is 6.80. The molecule has 2 aliphatic heterocycles. The summed E-state index contributed by atoms with van der Waals surface area (Å²) >= 11 is 0. The monoisotopic (exact) mass is 1460 g/mol. The van der Waals surface area contributed by atoms with Crippen LogP contribution < -0.4 is 225 Å². The van der Waals surface area contributed by atoms with Gasteiger partial charge in [0.05, 0.1) is 58.0 Å². The van der Waals surface area contributed by atoms with E-state index in [1.54, 1.807) is 58.0 Å². The number of hydrogen-bond donors (Lipinski definition) is 0. The van der Waals surface area contributed by atoms with Gasteiger partial charge in [-0.15, -0.1) is 5.06 Å². The Hall–Kier alpha value is -1.50. The van der Waals surface area contributed by atoms with Gasteiger partial charge in [0.25, 0.3) is 17.3 Å². The van der Waals surface area contributed by atoms with Gasteiger partial charge in [0.15, 0.2) is 12.3 Å². The normalized spacial score (nSPS) is 14.5. The molecule has 2 amide bonds. The van der Waals surface area contributed by atoms with Crippen molar-refractivity contribution in [3.8, 4) is 5.75 Å². The Morgan fingerprint density at radius 1 is 0.587 bits per heavy atom. The first-order valence-corrected chi connectivity index (χ1v) is 34.5. The van der Waals surface area contributed by atoms with E-state index in [4.69, 9.17) is 22.8 Å². The van der Waals surface area contributed by atoms with Crippen LogP contribution in [0, 0.1) is 0 Å². The molecule has 2 aliphatic rings. The van der Waals surface area contributed by atoms with Crippen molar-refractivity contribution in [3.63, 3.8) is 0 Å². The Bertz CT molecular complexity index is 4820. The third-order valence-electron chi connectivity index (χ3n) is 14.4. The molecule has 8 aromatic rings. The zero-order valence-corrected chi connectivity index (χ0v) is 66.5. The zero-order valence-electron chi connectivity index (χ0n) is 49.9. The summed E-state index contributed by atoms with van der Waals surface area (Å²) in [6.45, 7) is 0.216. The maximum absolute atomic E-state index is 12.5. The number of amides is 2. The topological polar surface area (TPSA) is 409 Å². The van der Waals surface area contributed by atoms with E-state index >= 15 is 0 Å². The van der Waals surface area contributed by atoms with Gasteiger partial charge in [0.1, 0.15) is 42.6 Å². The van der Waals surface area contributed by atoms with Crippen LogP contribution in [0.2, 0.25) is 0 Å². The second-order valence-corrected chi connectivity index (χ2v) is 27.9. The molecule has 3 aromatic heterocycles. The van der Waals surface area contributed by atoms with Gasteiger partial charge in [0.2, 0.25) is 11.5 Å². The van der Waals surface area contributed by atoms with Crippen molar-refractivity contribution in [2.75, 3.05) is 46.7 Å². The molecule has 0 N–H and O–H groups in total. The first kappa shape index (κ1) is 79.5. The number of aromatic nitrogens is 1. The van der Waals surface area contributed by atoms with Crippen LogP contribution in [0.3, 0.4) is 0 Å². The Morgan fingerprint density at radius 2 is 1.13 bits per heavy atom. The maximum atomic E-state index is 12.5. The fourth-order valence-corrected chi connectivity index (χ4v) is 12.8. The number of imide groups is 1. The second kappa shape index (κ2) is 33.1. The van der Waals surface area contributed by atoms with Crippen LogP contribution in [0.15, 0.2) is 132 Å². The van der Waals surface area contributed by atoms with Gasteiger partial charge < -0.3 is 55.4 Å². The average molecular weight is 1460 g/mol. The minimum absolute atomic E-state index is 0. The van der Waals surface area contributed by atoms with E-state index in [1.807, 2.05) is 4.90 Å². The molecule has 5 aromatic carbocycles. The molecule has 0 spiro atoms. The second-order valence-electron chi connectivity index (χ2n) is 20.6. The maximum Gasteiger partial charge on any atom is 1.00 e. The van der Waals surface area contributed by atoms with Crippen LogP contribution in [-0.4, -0.2) is 125 Å². The molecule has 0 unspecified atom stereocenters. The zero-order chi connectivity index (χ0) is 63.1. The number of anilines is 2. The number of fused-ring (bicyclic) bond motifs is 8. The first-order valence-electron chi connectivity index (χ1n) is 27.0. The van der Waals surface area contributed by atoms with Gasteiger partial charge in [0, 0.05) is 95.9 Å². The summed E-state index contributed by atoms with van der Waals surface area (Å²) in [5.74, 6) is -3.82. The Labute approximate surface area is 698 Å². The molecule has 10 rings (SSSR count). The number of rotatable bonds is 26. The molecular formula is C56H50K4N4O23S5. The van der Waals surface area contributed by atoms with E-state index < -0.39 is 95.4 Å². The number of aryl methyl sites for hydroxylation is 1. The fraction of sp³-hybridized carbons (Fsp3) is 0.286. The van der Waals surface area contributed by atoms with Crippen LogP contribution in [-0.2, 0) is 76.4 Å². The minimum Gasteiger partial charge on any atom is -0.748 e. The molecule has 0 bridgehead atoms. The van der Waals surface area contributed by atoms with E-state index in [1.165, 1.54) is 36.4 Å². The van der Waals surface area contributed by atoms with Gasteiger partial charge in [-0.3, -0.25) is 9.59 Å². The van der Waals surface area contributed by atoms with E-state index in [-0.39, 0.29) is 320 Å². The van der Waals surface area contributed by atoms with Crippen molar-refractivity contribution in [1.29, 1.82) is 0 Å². The van der Waals surface area contributed by atoms with Crippen LogP contribution >= 0.6 is 0 Å². The van der Waals surface area contributed by atoms with Crippen LogP contribution in [0.1, 0.15) is 69.2 Å². The number of hydroxylamine groups is 2. The molecule has 5 heterocycles. The molecule has 36 heteroatoms. The molecule has 92 heavy (non-hydrogen) atoms. The summed E-state index contributed by atoms with van der Waals surface area (Å²) in [6, 6.07) is 20.2. The Morgan fingerprint density at radius 3 is 1.72 bits per heavy atom. The van der Waals surface area contributed by atoms with Crippen molar-refractivity contribution in [2.24, 2.45) is 0 Å². The van der Waals surface area contributed by atoms with Crippen molar-refractivity contribution in [3.05, 3.63) is 120 Å². The molecular weight excluding hydrogens is 1410 g/mol. The van der Waals surface area contributed by atoms with Gasteiger partial charge in [-0.2, -0.15) is 4.57 Å². The van der Waals surface area contributed by atoms with Crippen LogP contribution in [0.5, 0.6) is 5.75 Å². The molecule has 0 saturated carbocycles. The first-order chi connectivity index (χ1) is 41.4. The van der Waals surface area contributed by atoms with Crippen molar-refractivity contribution in [1.82, 2.24) is 5.06 Å². The third-order valence-corrected chi connectivity index (χ3v) is 18.5. The average Bonchev–Trinajstić information content (AvgIpc) is 1.60. The number of allylic oxidation sites excluding steroid dienone is 4. The predicted octanol–water partition coefficient (Wildman–Crippen LogP) is -6.04. The number of hydrogen-bond acceptors (Lipinski definition) is 25. The van der Waals surface area contributed by atoms with Gasteiger partial charge >= 0.3 is 217 Å². The molecule has 1 saturated heterocycles. The van der Waals surface area contributed by atoms with E-state index in [0.717, 1.165) is 24.3 Å². The molecule has 0 aliphatic carbocycles. The molecule has 1 fully saturated rings. The van der Waals surface area contributed by atoms with E-state index in [0.29, 0.717) is 69.7 Å². The van der Waals surface area contributed by atoms with Gasteiger partial charge in [-0.1, -0.05) is 18.6 Å². The summed E-state index contributed by atoms with van der Waals surface area (Å²) in [5, 5.41) is 1.70. The van der Waals surface area contributed by atoms with Crippen molar-refractivity contribution < 1.29 is 312 Å². The van der Waals surface area contributed by atoms with Crippen LogP contribution in [0.4, 0.5) is 11.4 Å². The minimum atomic E-state index is -4.88. The van der Waals surface area contributed by atoms with Crippen molar-refractivity contribution >= 4 is 146 Å². The van der Waals surface area contributed by atoms with E-state index in [9.17, 15) is 79.2 Å². The molecule has 0 atom stereocenters. The van der Waals surface area contributed by atoms with Gasteiger partial charge in [-0.05, 0) is 116 Å². The number of carbonyl (C=O) groups is 3. The number of carbonyl (C=O) groups excluding carboxylic acids is 3. The van der Waals surface area contributed by atoms with Crippen molar-refractivity contribution in [2.45, 2.75) is 74.1 Å². The van der Waals surface area contributed by atoms with Gasteiger partial charge in [-0.25, -0.2) is 46.9 Å². The molecule has 27 nitrogen and oxygen atoms in total. The summed E-state index contributed by atoms with van der Waals surface area (Å²) in [5.41, 5.74) is 3.26. The number of benzene rings is 5. The third kappa shape index (κ3) is 20.3. The number of nitrogens with zero attached hydrogens (tertiary/aromatic N) is 4. The fourth-order valence-electron chi connectivity index (χ4n) is 10.3. The number of oxazole rings is 1. The number of ether oxygens (including phenoxy) is 1. The smallest absolute Gasteiger partial charge is 0.748 e. The Kier molecular flexibility index (Phi) is 28.6. The largest absolute Gasteiger partial charge is 1.00 e. The predicted molar refractivity (Wildman–Crippen MR) is 308 cm³/mol. The quantitative estimate of drug-likeness (QED) is 0.0122. The number of furan rings is 2. The molecule has 466 valence electrons. The summed E-state index contributed by atoms with van der Waals surface area (Å²) in [7, 11) is -23.7. The summed E-state index contributed by atoms with van der Waals surface area (Å²) in [4.78, 5) is 43.6. The van der Waals surface area contributed by atoms with Crippen LogP contribution in [0.25, 0.3) is 66.6 Å². The SMILES string of the molecule is O=C(CCCCCN(CCCS(=O)(=O)[O-])c1ccc(C(=C\C=C2/Oc3cc4c(cc3N2CCCS(=O)(=O)[O-])oc2ccc(S(=O)(=O)[O-])cc24)/C=C/c2oc3cc4c(cc3[n+]2CCCS(=O)(=O)[O-])oc2ccc(S(=O)(=O)[O-])cc24)cc1)ON1C(=O)CCC1=O.[K+].[K+].[K+].[K+]. The number of unbranched alkanes of at least 4 members (excludes halogenated alkanes) is 2. The Balaban J connectivity index is 0.00000336. The standard InChI is InChI=1S/C56H54N4O23S5.4K/c61-52-18-19-53(62)60(52)83-56(63)7-2-1-3-22-57(23-4-26-84(64,65)66)37-12-8-35(9-13-37)36(10-20-54-58(24-5-27-85(67,68)69)44-33-48-42(31-50(44)81-54)40-29-38(87(73,74)75)14-16-46(40)79-48)11-21-55-59(25-6-28-86(70,71)72)45-34-49-43(32-51(45)82-55)41-30-39(88(76,77)78)15-17-47(41)80-49;;;;/h8-17,20-21,29-34H,1-7,18-19,22-28H2,(H4-,64,65,66,67,68,69,70,71,72,73,74,75,76,77,78);;;;/q;4*+1/p-4.